The van der Waals surface area contributed by atoms with Crippen molar-refractivity contribution in [3.05, 3.63) is 198 Å². The van der Waals surface area contributed by atoms with Gasteiger partial charge in [-0.3, -0.25) is 0 Å². The van der Waals surface area contributed by atoms with Gasteiger partial charge in [0.15, 0.2) is 12.9 Å². The highest BCUT2D eigenvalue weighted by Gasteiger charge is 2.60. The molecule has 0 amide bonds. The van der Waals surface area contributed by atoms with E-state index < -0.39 is 0 Å². The van der Waals surface area contributed by atoms with E-state index in [-0.39, 0.29) is 39.5 Å². The van der Waals surface area contributed by atoms with E-state index >= 15 is 0 Å². The van der Waals surface area contributed by atoms with Crippen molar-refractivity contribution in [1.82, 2.24) is 0 Å². The molecule has 0 radical (unpaired) electrons. The van der Waals surface area contributed by atoms with Crippen molar-refractivity contribution in [3.63, 3.8) is 0 Å². The Kier molecular flexibility index (Phi) is 10.8. The molecule has 17 rings (SSSR count). The molecule has 2 fully saturated rings. The molecule has 0 spiro atoms. The number of aryl methyl sites for hydroxylation is 1. The zero-order chi connectivity index (χ0) is 58.8. The van der Waals surface area contributed by atoms with Gasteiger partial charge in [-0.15, -0.1) is 0 Å². The molecule has 4 unspecified atom stereocenters. The third-order valence-corrected chi connectivity index (χ3v) is 23.3. The summed E-state index contributed by atoms with van der Waals surface area (Å²) in [5.74, 6) is 0. The summed E-state index contributed by atoms with van der Waals surface area (Å²) in [6, 6.07) is 66.9. The average molecular weight is 1120 g/mol. The van der Waals surface area contributed by atoms with E-state index in [0.717, 1.165) is 47.7 Å². The fourth-order valence-electron chi connectivity index (χ4n) is 18.4. The van der Waals surface area contributed by atoms with Crippen LogP contribution in [0.5, 0.6) is 0 Å². The normalized spacial score (nSPS) is 23.1. The molecule has 426 valence electrons. The molecule has 7 aliphatic rings. The standard InChI is InChI=1S/C79H78B2N4O/c1-48-42-68-72-69(43-48)83(65-28-21-25-56-54-23-13-15-29-70(54)86-73(56)65)67-47-52(85-63-37-31-50(75(5,6)7)45-58(63)77(9)39-17-19-41-79(77,85)11)33-35-61(67)81(72)60-34-32-51(46-66(60)82(68)64-27-20-24-55-53-22-12-14-26-59(53)80-71(55)64)84-62-36-30-49(74(2,3)4)44-57(62)76(8)38-16-18-40-78(76,84)10/h12-15,20-37,42-47,80H,16-19,38-41H2,1-11H3. The van der Waals surface area contributed by atoms with E-state index in [1.54, 1.807) is 0 Å². The lowest BCUT2D eigenvalue weighted by atomic mass is 9.33. The van der Waals surface area contributed by atoms with Crippen molar-refractivity contribution in [3.8, 4) is 11.1 Å². The first kappa shape index (κ1) is 52.4. The summed E-state index contributed by atoms with van der Waals surface area (Å²) < 4.78 is 7.13. The Labute approximate surface area is 510 Å². The molecule has 9 aromatic carbocycles. The molecule has 5 nitrogen and oxygen atoms in total. The predicted octanol–water partition coefficient (Wildman–Crippen LogP) is 17.4. The van der Waals surface area contributed by atoms with Crippen molar-refractivity contribution in [2.45, 2.75) is 160 Å². The Bertz CT molecular complexity index is 4580. The lowest BCUT2D eigenvalue weighted by molar-refractivity contribution is 0.195. The van der Waals surface area contributed by atoms with Crippen molar-refractivity contribution < 1.29 is 4.42 Å². The molecule has 1 aromatic heterocycles. The molecule has 5 aliphatic heterocycles. The number of fused-ring (bicyclic) bond motifs is 16. The molecule has 0 bridgehead atoms. The quantitative estimate of drug-likeness (QED) is 0.164. The van der Waals surface area contributed by atoms with Crippen molar-refractivity contribution in [2.75, 3.05) is 19.6 Å². The molecule has 86 heavy (non-hydrogen) atoms. The monoisotopic (exact) mass is 1120 g/mol. The Balaban J connectivity index is 0.941. The van der Waals surface area contributed by atoms with Gasteiger partial charge in [0.05, 0.1) is 16.8 Å². The molecule has 6 heterocycles. The predicted molar refractivity (Wildman–Crippen MR) is 367 cm³/mol. The van der Waals surface area contributed by atoms with Crippen molar-refractivity contribution in [2.24, 2.45) is 0 Å². The van der Waals surface area contributed by atoms with Crippen LogP contribution in [-0.2, 0) is 21.7 Å². The molecule has 0 N–H and O–H groups in total. The maximum Gasteiger partial charge on any atom is 0.252 e. The van der Waals surface area contributed by atoms with Crippen LogP contribution in [0.1, 0.15) is 148 Å². The molecule has 10 aromatic rings. The van der Waals surface area contributed by atoms with Crippen LogP contribution in [0.3, 0.4) is 0 Å². The van der Waals surface area contributed by atoms with Gasteiger partial charge in [-0.25, -0.2) is 0 Å². The van der Waals surface area contributed by atoms with Crippen LogP contribution in [0.4, 0.5) is 56.9 Å². The van der Waals surface area contributed by atoms with Gasteiger partial charge in [0.25, 0.3) is 6.71 Å². The number of rotatable bonds is 4. The maximum absolute atomic E-state index is 7.13. The zero-order valence-electron chi connectivity index (χ0n) is 52.3. The second-order valence-electron chi connectivity index (χ2n) is 30.0. The summed E-state index contributed by atoms with van der Waals surface area (Å²) in [4.78, 5) is 10.9. The number of benzene rings is 9. The van der Waals surface area contributed by atoms with E-state index in [1.165, 1.54) is 156 Å². The third kappa shape index (κ3) is 6.86. The highest BCUT2D eigenvalue weighted by Crippen LogP contribution is 2.64. The van der Waals surface area contributed by atoms with Crippen LogP contribution in [0.2, 0.25) is 0 Å². The van der Waals surface area contributed by atoms with Crippen LogP contribution in [0.25, 0.3) is 33.1 Å². The third-order valence-electron chi connectivity index (χ3n) is 23.3. The second kappa shape index (κ2) is 17.6. The Morgan fingerprint density at radius 1 is 0.453 bits per heavy atom. The number of para-hydroxylation sites is 2. The second-order valence-corrected chi connectivity index (χ2v) is 30.0. The summed E-state index contributed by atoms with van der Waals surface area (Å²) >= 11 is 0. The topological polar surface area (TPSA) is 26.1 Å². The minimum atomic E-state index is -0.129. The summed E-state index contributed by atoms with van der Waals surface area (Å²) in [5, 5.41) is 2.27. The minimum Gasteiger partial charge on any atom is -0.454 e. The number of furan rings is 1. The van der Waals surface area contributed by atoms with Crippen molar-refractivity contribution >= 4 is 120 Å². The largest absolute Gasteiger partial charge is 0.454 e. The molecule has 7 heteroatoms. The van der Waals surface area contributed by atoms with Gasteiger partial charge < -0.3 is 24.0 Å². The molecular weight excluding hydrogens is 1040 g/mol. The van der Waals surface area contributed by atoms with Gasteiger partial charge in [0.1, 0.15) is 5.58 Å². The first-order valence-corrected chi connectivity index (χ1v) is 32.3. The summed E-state index contributed by atoms with van der Waals surface area (Å²) in [6.45, 7) is 26.8. The lowest BCUT2D eigenvalue weighted by Crippen LogP contribution is -2.62. The van der Waals surface area contributed by atoms with E-state index in [2.05, 4.69) is 266 Å². The van der Waals surface area contributed by atoms with E-state index in [9.17, 15) is 0 Å². The maximum atomic E-state index is 7.13. The van der Waals surface area contributed by atoms with Crippen LogP contribution in [0, 0.1) is 6.92 Å². The fourth-order valence-corrected chi connectivity index (χ4v) is 18.4. The number of hydrogen-bond acceptors (Lipinski definition) is 5. The van der Waals surface area contributed by atoms with Gasteiger partial charge in [0.2, 0.25) is 0 Å². The van der Waals surface area contributed by atoms with Crippen LogP contribution in [-0.4, -0.2) is 25.1 Å². The molecule has 0 saturated heterocycles. The first-order chi connectivity index (χ1) is 41.3. The molecule has 2 saturated carbocycles. The van der Waals surface area contributed by atoms with Gasteiger partial charge in [-0.1, -0.05) is 190 Å². The zero-order valence-corrected chi connectivity index (χ0v) is 52.3. The average Bonchev–Trinajstić information content (AvgIpc) is 1.30. The summed E-state index contributed by atoms with van der Waals surface area (Å²) in [7, 11) is 0.886. The minimum absolute atomic E-state index is 0.00881. The van der Waals surface area contributed by atoms with Gasteiger partial charge in [-0.05, 0) is 185 Å². The number of anilines is 10. The highest BCUT2D eigenvalue weighted by atomic mass is 16.3. The molecular formula is C79H78B2N4O. The van der Waals surface area contributed by atoms with Gasteiger partial charge >= 0.3 is 0 Å². The fraction of sp³-hybridized carbons (Fsp3) is 0.316. The van der Waals surface area contributed by atoms with E-state index in [1.807, 2.05) is 0 Å². The van der Waals surface area contributed by atoms with Gasteiger partial charge in [-0.2, -0.15) is 0 Å². The Morgan fingerprint density at radius 3 is 1.57 bits per heavy atom. The van der Waals surface area contributed by atoms with Crippen LogP contribution >= 0.6 is 0 Å². The van der Waals surface area contributed by atoms with Crippen LogP contribution < -0.4 is 46.9 Å². The Morgan fingerprint density at radius 2 is 0.965 bits per heavy atom. The van der Waals surface area contributed by atoms with Crippen molar-refractivity contribution in [1.29, 1.82) is 0 Å². The van der Waals surface area contributed by atoms with E-state index in [4.69, 9.17) is 4.42 Å². The smallest absolute Gasteiger partial charge is 0.252 e. The highest BCUT2D eigenvalue weighted by molar-refractivity contribution is 7.00. The lowest BCUT2D eigenvalue weighted by Gasteiger charge is -2.51. The first-order valence-electron chi connectivity index (χ1n) is 32.3. The van der Waals surface area contributed by atoms with E-state index in [0.29, 0.717) is 0 Å². The van der Waals surface area contributed by atoms with Gasteiger partial charge in [0, 0.05) is 72.8 Å². The summed E-state index contributed by atoms with van der Waals surface area (Å²) in [5.41, 5.74) is 30.6. The molecule has 2 aliphatic carbocycles. The number of hydrogen-bond donors (Lipinski definition) is 0. The Hall–Kier alpha value is -7.89. The summed E-state index contributed by atoms with van der Waals surface area (Å²) in [6.07, 6.45) is 9.58. The van der Waals surface area contributed by atoms with Crippen LogP contribution in [0.15, 0.2) is 174 Å². The molecule has 4 atom stereocenters. The number of nitrogens with zero attached hydrogens (tertiary/aromatic N) is 4. The SMILES string of the molecule is Cc1cc2c3c(c1)N(c1cccc4c1oc1ccccc14)c1cc(N4c5ccc(C(C)(C)C)cc5C5(C)CCCCC45C)ccc1B3c1ccc(N3c4ccc(C(C)(C)C)cc4C4(C)CCCCC34C)cc1N2c1cccc2c1Bc1ccccc1-2.